The van der Waals surface area contributed by atoms with Gasteiger partial charge in [-0.1, -0.05) is 25.1 Å². The molecule has 2 rings (SSSR count). The third kappa shape index (κ3) is 2.98. The van der Waals surface area contributed by atoms with Gasteiger partial charge in [-0.3, -0.25) is 0 Å². The zero-order valence-electron chi connectivity index (χ0n) is 12.2. The normalized spacial score (nSPS) is 12.0. The van der Waals surface area contributed by atoms with E-state index in [-0.39, 0.29) is 12.2 Å². The van der Waals surface area contributed by atoms with Crippen molar-refractivity contribution in [1.82, 2.24) is 13.5 Å². The van der Waals surface area contributed by atoms with Crippen LogP contribution in [0.15, 0.2) is 30.5 Å². The van der Waals surface area contributed by atoms with Gasteiger partial charge in [0, 0.05) is 20.5 Å². The van der Waals surface area contributed by atoms with Gasteiger partial charge in [0.2, 0.25) is 0 Å². The SMILES string of the molecule is CCc1cnn(S(=O)(=O)N(C)C)c1Cc1ccccc1F. The monoisotopic (exact) mass is 311 g/mol. The molecule has 0 spiro atoms. The number of halogens is 1. The van der Waals surface area contributed by atoms with E-state index in [0.717, 1.165) is 14.0 Å². The fourth-order valence-electron chi connectivity index (χ4n) is 2.04. The van der Waals surface area contributed by atoms with Gasteiger partial charge in [0.15, 0.2) is 0 Å². The Morgan fingerprint density at radius 1 is 1.24 bits per heavy atom. The molecule has 1 aromatic heterocycles. The van der Waals surface area contributed by atoms with E-state index in [1.165, 1.54) is 26.4 Å². The molecule has 1 heterocycles. The highest BCUT2D eigenvalue weighted by molar-refractivity contribution is 7.87. The Balaban J connectivity index is 2.53. The van der Waals surface area contributed by atoms with Crippen molar-refractivity contribution in [3.05, 3.63) is 53.1 Å². The maximum atomic E-state index is 13.8. The number of aryl methyl sites for hydroxylation is 1. The Hall–Kier alpha value is -1.73. The van der Waals surface area contributed by atoms with Crippen LogP contribution in [0, 0.1) is 5.82 Å². The highest BCUT2D eigenvalue weighted by Gasteiger charge is 2.23. The van der Waals surface area contributed by atoms with Gasteiger partial charge in [0.05, 0.1) is 11.9 Å². The number of aromatic nitrogens is 2. The van der Waals surface area contributed by atoms with E-state index in [0.29, 0.717) is 17.7 Å². The van der Waals surface area contributed by atoms with E-state index in [2.05, 4.69) is 5.10 Å². The lowest BCUT2D eigenvalue weighted by atomic mass is 10.1. The lowest BCUT2D eigenvalue weighted by molar-refractivity contribution is 0.501. The second kappa shape index (κ2) is 5.95. The quantitative estimate of drug-likeness (QED) is 0.846. The third-order valence-corrected chi connectivity index (χ3v) is 4.97. The molecule has 0 aliphatic rings. The summed E-state index contributed by atoms with van der Waals surface area (Å²) in [5, 5.41) is 3.97. The van der Waals surface area contributed by atoms with Crippen LogP contribution in [0.1, 0.15) is 23.7 Å². The van der Waals surface area contributed by atoms with Crippen LogP contribution in [0.5, 0.6) is 0 Å². The van der Waals surface area contributed by atoms with Crippen molar-refractivity contribution < 1.29 is 12.8 Å². The van der Waals surface area contributed by atoms with Crippen LogP contribution in [-0.4, -0.2) is 36.0 Å². The van der Waals surface area contributed by atoms with Crippen LogP contribution < -0.4 is 0 Å². The lowest BCUT2D eigenvalue weighted by Gasteiger charge is -2.14. The van der Waals surface area contributed by atoms with E-state index >= 15 is 0 Å². The summed E-state index contributed by atoms with van der Waals surface area (Å²) in [6.07, 6.45) is 2.34. The maximum Gasteiger partial charge on any atom is 0.322 e. The summed E-state index contributed by atoms with van der Waals surface area (Å²) in [4.78, 5) is 0. The molecule has 5 nitrogen and oxygen atoms in total. The summed E-state index contributed by atoms with van der Waals surface area (Å²) >= 11 is 0. The van der Waals surface area contributed by atoms with Gasteiger partial charge in [-0.2, -0.15) is 17.8 Å². The average molecular weight is 311 g/mol. The van der Waals surface area contributed by atoms with E-state index in [1.54, 1.807) is 18.2 Å². The summed E-state index contributed by atoms with van der Waals surface area (Å²) in [7, 11) is -0.833. The maximum absolute atomic E-state index is 13.8. The number of hydrogen-bond acceptors (Lipinski definition) is 3. The van der Waals surface area contributed by atoms with Crippen LogP contribution in [-0.2, 0) is 23.1 Å². The molecular formula is C14H18FN3O2S. The Morgan fingerprint density at radius 3 is 2.48 bits per heavy atom. The topological polar surface area (TPSA) is 55.2 Å². The Bertz CT molecular complexity index is 738. The zero-order chi connectivity index (χ0) is 15.6. The smallest absolute Gasteiger partial charge is 0.207 e. The molecular weight excluding hydrogens is 293 g/mol. The van der Waals surface area contributed by atoms with Crippen molar-refractivity contribution in [2.24, 2.45) is 0 Å². The summed E-state index contributed by atoms with van der Waals surface area (Å²) in [5.74, 6) is -0.352. The first-order valence-corrected chi connectivity index (χ1v) is 7.99. The molecule has 0 atom stereocenters. The summed E-state index contributed by atoms with van der Waals surface area (Å²) in [6, 6.07) is 6.34. The van der Waals surface area contributed by atoms with Crippen LogP contribution in [0.4, 0.5) is 4.39 Å². The van der Waals surface area contributed by atoms with Crippen molar-refractivity contribution in [1.29, 1.82) is 0 Å². The predicted octanol–water partition coefficient (Wildman–Crippen LogP) is 1.83. The molecule has 0 N–H and O–H groups in total. The largest absolute Gasteiger partial charge is 0.322 e. The van der Waals surface area contributed by atoms with E-state index in [9.17, 15) is 12.8 Å². The third-order valence-electron chi connectivity index (χ3n) is 3.30. The Morgan fingerprint density at radius 2 is 1.90 bits per heavy atom. The van der Waals surface area contributed by atoms with Gasteiger partial charge >= 0.3 is 10.2 Å². The standard InChI is InChI=1S/C14H18FN3O2S/c1-4-11-10-16-18(21(19,20)17(2)3)14(11)9-12-7-5-6-8-13(12)15/h5-8,10H,4,9H2,1-3H3. The molecule has 0 bridgehead atoms. The van der Waals surface area contributed by atoms with Crippen molar-refractivity contribution in [3.63, 3.8) is 0 Å². The molecule has 114 valence electrons. The van der Waals surface area contributed by atoms with Gasteiger partial charge in [0.1, 0.15) is 5.82 Å². The summed E-state index contributed by atoms with van der Waals surface area (Å²) in [6.45, 7) is 1.91. The molecule has 0 aliphatic heterocycles. The second-order valence-corrected chi connectivity index (χ2v) is 6.84. The fourth-order valence-corrected chi connectivity index (χ4v) is 2.98. The van der Waals surface area contributed by atoms with Crippen LogP contribution in [0.2, 0.25) is 0 Å². The number of hydrogen-bond donors (Lipinski definition) is 0. The average Bonchev–Trinajstić information content (AvgIpc) is 2.84. The second-order valence-electron chi connectivity index (χ2n) is 4.87. The summed E-state index contributed by atoms with van der Waals surface area (Å²) < 4.78 is 40.5. The van der Waals surface area contributed by atoms with E-state index in [4.69, 9.17) is 0 Å². The molecule has 0 radical (unpaired) electrons. The molecule has 0 amide bonds. The highest BCUT2D eigenvalue weighted by Crippen LogP contribution is 2.19. The van der Waals surface area contributed by atoms with E-state index in [1.807, 2.05) is 6.92 Å². The van der Waals surface area contributed by atoms with Gasteiger partial charge in [0.25, 0.3) is 0 Å². The Labute approximate surface area is 124 Å². The minimum Gasteiger partial charge on any atom is -0.207 e. The highest BCUT2D eigenvalue weighted by atomic mass is 32.2. The molecule has 2 aromatic rings. The molecule has 21 heavy (non-hydrogen) atoms. The molecule has 1 aromatic carbocycles. The predicted molar refractivity (Wildman–Crippen MR) is 78.8 cm³/mol. The number of benzene rings is 1. The van der Waals surface area contributed by atoms with Gasteiger partial charge < -0.3 is 0 Å². The van der Waals surface area contributed by atoms with Gasteiger partial charge in [-0.25, -0.2) is 4.39 Å². The van der Waals surface area contributed by atoms with Crippen molar-refractivity contribution >= 4 is 10.2 Å². The molecule has 0 unspecified atom stereocenters. The van der Waals surface area contributed by atoms with Gasteiger partial charge in [-0.05, 0) is 23.6 Å². The van der Waals surface area contributed by atoms with Crippen LogP contribution in [0.3, 0.4) is 0 Å². The first-order chi connectivity index (χ1) is 9.87. The van der Waals surface area contributed by atoms with Crippen molar-refractivity contribution in [2.45, 2.75) is 19.8 Å². The first-order valence-electron chi connectivity index (χ1n) is 6.60. The number of nitrogens with zero attached hydrogens (tertiary/aromatic N) is 3. The molecule has 0 fully saturated rings. The minimum atomic E-state index is -3.71. The lowest BCUT2D eigenvalue weighted by Crippen LogP contribution is -2.31. The Kier molecular flexibility index (Phi) is 4.43. The molecule has 7 heteroatoms. The fraction of sp³-hybridized carbons (Fsp3) is 0.357. The minimum absolute atomic E-state index is 0.183. The van der Waals surface area contributed by atoms with Crippen molar-refractivity contribution in [3.8, 4) is 0 Å². The van der Waals surface area contributed by atoms with Crippen molar-refractivity contribution in [2.75, 3.05) is 14.1 Å². The zero-order valence-corrected chi connectivity index (χ0v) is 13.1. The first kappa shape index (κ1) is 15.7. The van der Waals surface area contributed by atoms with E-state index < -0.39 is 10.2 Å². The number of rotatable bonds is 5. The molecule has 0 aliphatic carbocycles. The molecule has 0 saturated carbocycles. The van der Waals surface area contributed by atoms with Crippen LogP contribution >= 0.6 is 0 Å². The molecule has 0 saturated heterocycles. The van der Waals surface area contributed by atoms with Crippen LogP contribution in [0.25, 0.3) is 0 Å². The van der Waals surface area contributed by atoms with Gasteiger partial charge in [-0.15, -0.1) is 4.09 Å². The summed E-state index contributed by atoms with van der Waals surface area (Å²) in [5.41, 5.74) is 1.74.